The lowest BCUT2D eigenvalue weighted by molar-refractivity contribution is -0.424. The van der Waals surface area contributed by atoms with Crippen LogP contribution in [0.3, 0.4) is 0 Å². The second kappa shape index (κ2) is 9.18. The number of para-hydroxylation sites is 2. The van der Waals surface area contributed by atoms with E-state index in [9.17, 15) is 0 Å². The SMILES string of the molecule is C=CCN(/C(C)=C/C=C/C1=[N+](CC=C)c2ccccc2C1)c1ccccc1C. The van der Waals surface area contributed by atoms with Crippen LogP contribution in [-0.2, 0) is 6.42 Å². The third kappa shape index (κ3) is 4.23. The van der Waals surface area contributed by atoms with E-state index >= 15 is 0 Å². The Labute approximate surface area is 169 Å². The molecule has 0 atom stereocenters. The summed E-state index contributed by atoms with van der Waals surface area (Å²) in [5.74, 6) is 0. The van der Waals surface area contributed by atoms with E-state index in [1.54, 1.807) is 0 Å². The molecule has 0 N–H and O–H groups in total. The number of nitrogens with zero attached hydrogens (tertiary/aromatic N) is 2. The summed E-state index contributed by atoms with van der Waals surface area (Å²) < 4.78 is 2.34. The zero-order chi connectivity index (χ0) is 19.9. The summed E-state index contributed by atoms with van der Waals surface area (Å²) in [6, 6.07) is 17.1. The fourth-order valence-electron chi connectivity index (χ4n) is 3.68. The molecule has 0 fully saturated rings. The molecule has 142 valence electrons. The Hall–Kier alpha value is -3.13. The third-order valence-corrected chi connectivity index (χ3v) is 5.08. The maximum Gasteiger partial charge on any atom is 0.209 e. The minimum atomic E-state index is 0.783. The van der Waals surface area contributed by atoms with Gasteiger partial charge in [0.2, 0.25) is 5.69 Å². The first kappa shape index (κ1) is 19.6. The summed E-state index contributed by atoms with van der Waals surface area (Å²) >= 11 is 0. The topological polar surface area (TPSA) is 6.25 Å². The molecule has 0 saturated heterocycles. The summed E-state index contributed by atoms with van der Waals surface area (Å²) in [7, 11) is 0. The van der Waals surface area contributed by atoms with E-state index in [4.69, 9.17) is 0 Å². The number of rotatable bonds is 8. The van der Waals surface area contributed by atoms with E-state index in [2.05, 4.69) is 103 Å². The zero-order valence-corrected chi connectivity index (χ0v) is 16.9. The van der Waals surface area contributed by atoms with E-state index in [0.717, 1.165) is 19.5 Å². The number of benzene rings is 2. The van der Waals surface area contributed by atoms with Crippen molar-refractivity contribution in [2.24, 2.45) is 0 Å². The molecule has 0 aromatic heterocycles. The third-order valence-electron chi connectivity index (χ3n) is 5.08. The molecule has 0 aliphatic carbocycles. The van der Waals surface area contributed by atoms with Crippen molar-refractivity contribution in [1.29, 1.82) is 0 Å². The Balaban J connectivity index is 1.86. The molecule has 28 heavy (non-hydrogen) atoms. The van der Waals surface area contributed by atoms with Crippen LogP contribution in [0.15, 0.2) is 97.8 Å². The highest BCUT2D eigenvalue weighted by atomic mass is 15.1. The first-order valence-electron chi connectivity index (χ1n) is 9.77. The van der Waals surface area contributed by atoms with E-state index in [1.807, 2.05) is 12.2 Å². The molecular formula is C26H29N2+. The summed E-state index contributed by atoms with van der Waals surface area (Å²) in [5, 5.41) is 0. The second-order valence-corrected chi connectivity index (χ2v) is 7.05. The summed E-state index contributed by atoms with van der Waals surface area (Å²) in [5.41, 5.74) is 7.64. The van der Waals surface area contributed by atoms with Crippen LogP contribution in [0.5, 0.6) is 0 Å². The lowest BCUT2D eigenvalue weighted by atomic mass is 10.1. The van der Waals surface area contributed by atoms with Gasteiger partial charge >= 0.3 is 0 Å². The van der Waals surface area contributed by atoms with Gasteiger partial charge in [0.15, 0.2) is 12.3 Å². The quantitative estimate of drug-likeness (QED) is 0.315. The molecular weight excluding hydrogens is 340 g/mol. The van der Waals surface area contributed by atoms with Crippen LogP contribution in [0.4, 0.5) is 11.4 Å². The van der Waals surface area contributed by atoms with Gasteiger partial charge < -0.3 is 4.90 Å². The highest BCUT2D eigenvalue weighted by molar-refractivity contribution is 5.96. The molecule has 2 aromatic rings. The molecule has 3 rings (SSSR count). The van der Waals surface area contributed by atoms with Gasteiger partial charge in [-0.05, 0) is 37.6 Å². The van der Waals surface area contributed by atoms with E-state index in [0.29, 0.717) is 0 Å². The first-order chi connectivity index (χ1) is 13.7. The van der Waals surface area contributed by atoms with Crippen molar-refractivity contribution >= 4 is 17.1 Å². The molecule has 0 saturated carbocycles. The predicted octanol–water partition coefficient (Wildman–Crippen LogP) is 5.97. The van der Waals surface area contributed by atoms with Gasteiger partial charge in [-0.2, -0.15) is 4.58 Å². The van der Waals surface area contributed by atoms with Crippen LogP contribution in [0.25, 0.3) is 0 Å². The van der Waals surface area contributed by atoms with Gasteiger partial charge in [0, 0.05) is 35.6 Å². The molecule has 2 aromatic carbocycles. The first-order valence-corrected chi connectivity index (χ1v) is 9.77. The minimum absolute atomic E-state index is 0.783. The molecule has 2 heteroatoms. The fourth-order valence-corrected chi connectivity index (χ4v) is 3.68. The lowest BCUT2D eigenvalue weighted by Crippen LogP contribution is -2.21. The van der Waals surface area contributed by atoms with Gasteiger partial charge in [0.05, 0.1) is 6.42 Å². The predicted molar refractivity (Wildman–Crippen MR) is 122 cm³/mol. The van der Waals surface area contributed by atoms with Crippen molar-refractivity contribution in [2.75, 3.05) is 18.0 Å². The van der Waals surface area contributed by atoms with Crippen LogP contribution in [0.1, 0.15) is 18.1 Å². The van der Waals surface area contributed by atoms with E-state index in [1.165, 1.54) is 33.9 Å². The standard InChI is InChI=1S/C26H29N2/c1-5-18-27(25-16-9-7-12-21(25)3)22(4)13-11-15-24-20-23-14-8-10-17-26(23)28(24)19-6-2/h5-17H,1-2,18-20H2,3-4H3/q+1. The number of hydrogen-bond acceptors (Lipinski definition) is 1. The Bertz CT molecular complexity index is 960. The number of anilines is 1. The molecule has 0 radical (unpaired) electrons. The normalized spacial score (nSPS) is 13.7. The van der Waals surface area contributed by atoms with Crippen molar-refractivity contribution in [2.45, 2.75) is 20.3 Å². The molecule has 0 amide bonds. The van der Waals surface area contributed by atoms with Gasteiger partial charge in [-0.1, -0.05) is 55.1 Å². The Morgan fingerprint density at radius 3 is 2.57 bits per heavy atom. The van der Waals surface area contributed by atoms with Crippen molar-refractivity contribution < 1.29 is 4.58 Å². The average molecular weight is 370 g/mol. The summed E-state index contributed by atoms with van der Waals surface area (Å²) in [4.78, 5) is 2.29. The van der Waals surface area contributed by atoms with Crippen molar-refractivity contribution in [3.8, 4) is 0 Å². The zero-order valence-electron chi connectivity index (χ0n) is 16.9. The van der Waals surface area contributed by atoms with Crippen LogP contribution in [-0.4, -0.2) is 23.4 Å². The maximum absolute atomic E-state index is 3.93. The number of fused-ring (bicyclic) bond motifs is 1. The Morgan fingerprint density at radius 2 is 1.82 bits per heavy atom. The number of aryl methyl sites for hydroxylation is 1. The largest absolute Gasteiger partial charge is 0.341 e. The Morgan fingerprint density at radius 1 is 1.07 bits per heavy atom. The van der Waals surface area contributed by atoms with Gasteiger partial charge in [-0.15, -0.1) is 6.58 Å². The van der Waals surface area contributed by atoms with Gasteiger partial charge in [0.1, 0.15) is 0 Å². The van der Waals surface area contributed by atoms with Gasteiger partial charge in [-0.3, -0.25) is 0 Å². The second-order valence-electron chi connectivity index (χ2n) is 7.05. The van der Waals surface area contributed by atoms with Crippen LogP contribution >= 0.6 is 0 Å². The lowest BCUT2D eigenvalue weighted by Gasteiger charge is -2.25. The highest BCUT2D eigenvalue weighted by Crippen LogP contribution is 2.26. The van der Waals surface area contributed by atoms with Crippen molar-refractivity contribution in [3.05, 3.63) is 109 Å². The van der Waals surface area contributed by atoms with Crippen molar-refractivity contribution in [1.82, 2.24) is 0 Å². The smallest absolute Gasteiger partial charge is 0.209 e. The Kier molecular flexibility index (Phi) is 6.44. The van der Waals surface area contributed by atoms with E-state index in [-0.39, 0.29) is 0 Å². The van der Waals surface area contributed by atoms with E-state index < -0.39 is 0 Å². The van der Waals surface area contributed by atoms with Crippen molar-refractivity contribution in [3.63, 3.8) is 0 Å². The average Bonchev–Trinajstić information content (AvgIpc) is 3.05. The summed E-state index contributed by atoms with van der Waals surface area (Å²) in [6.07, 6.45) is 11.4. The minimum Gasteiger partial charge on any atom is -0.341 e. The molecule has 2 nitrogen and oxygen atoms in total. The van der Waals surface area contributed by atoms with Crippen LogP contribution in [0, 0.1) is 6.92 Å². The summed E-state index contributed by atoms with van der Waals surface area (Å²) in [6.45, 7) is 13.7. The number of hydrogen-bond donors (Lipinski definition) is 0. The van der Waals surface area contributed by atoms with Crippen LogP contribution < -0.4 is 4.90 Å². The van der Waals surface area contributed by atoms with Gasteiger partial charge in [0.25, 0.3) is 0 Å². The molecule has 0 unspecified atom stereocenters. The highest BCUT2D eigenvalue weighted by Gasteiger charge is 2.26. The maximum atomic E-state index is 3.93. The monoisotopic (exact) mass is 369 g/mol. The van der Waals surface area contributed by atoms with Crippen LogP contribution in [0.2, 0.25) is 0 Å². The van der Waals surface area contributed by atoms with Gasteiger partial charge in [-0.25, -0.2) is 0 Å². The molecule has 1 aliphatic heterocycles. The molecule has 1 heterocycles. The molecule has 0 bridgehead atoms. The molecule has 0 spiro atoms. The molecule has 1 aliphatic rings. The number of allylic oxidation sites excluding steroid dienone is 4. The fraction of sp³-hybridized carbons (Fsp3) is 0.192.